The highest BCUT2D eigenvalue weighted by Gasteiger charge is 2.06. The van der Waals surface area contributed by atoms with Crippen molar-refractivity contribution < 1.29 is 4.79 Å². The Kier molecular flexibility index (Phi) is 7.47. The molecule has 1 amide bonds. The lowest BCUT2D eigenvalue weighted by molar-refractivity contribution is -0.116. The second-order valence-electron chi connectivity index (χ2n) is 5.60. The van der Waals surface area contributed by atoms with E-state index in [0.29, 0.717) is 25.5 Å². The van der Waals surface area contributed by atoms with Crippen molar-refractivity contribution in [3.05, 3.63) is 64.1 Å². The van der Waals surface area contributed by atoms with E-state index in [9.17, 15) is 4.79 Å². The number of guanidine groups is 1. The van der Waals surface area contributed by atoms with Crippen LogP contribution in [-0.2, 0) is 11.3 Å². The van der Waals surface area contributed by atoms with Crippen molar-refractivity contribution in [1.82, 2.24) is 10.6 Å². The third-order valence-electron chi connectivity index (χ3n) is 3.63. The van der Waals surface area contributed by atoms with E-state index in [1.807, 2.05) is 55.5 Å². The third-order valence-corrected chi connectivity index (χ3v) is 4.13. The molecular formula is C19H23BrN4O. The van der Waals surface area contributed by atoms with E-state index >= 15 is 0 Å². The number of aryl methyl sites for hydroxylation is 1. The van der Waals surface area contributed by atoms with E-state index in [1.54, 1.807) is 7.05 Å². The molecule has 2 rings (SSSR count). The molecule has 132 valence electrons. The van der Waals surface area contributed by atoms with Gasteiger partial charge in [0.2, 0.25) is 5.91 Å². The fourth-order valence-corrected chi connectivity index (χ4v) is 2.75. The molecule has 0 spiro atoms. The number of amides is 1. The van der Waals surface area contributed by atoms with Crippen LogP contribution >= 0.6 is 15.9 Å². The lowest BCUT2D eigenvalue weighted by Gasteiger charge is -2.12. The van der Waals surface area contributed by atoms with Gasteiger partial charge in [-0.25, -0.2) is 0 Å². The standard InChI is InChI=1S/C19H23BrN4O/c1-14-12-16(20)8-9-17(14)24-18(25)10-11-22-19(21-2)23-13-15-6-4-3-5-7-15/h3-9,12H,10-11,13H2,1-2H3,(H,24,25)(H2,21,22,23). The minimum absolute atomic E-state index is 0.0311. The Morgan fingerprint density at radius 2 is 1.88 bits per heavy atom. The maximum Gasteiger partial charge on any atom is 0.226 e. The van der Waals surface area contributed by atoms with Crippen LogP contribution in [0.5, 0.6) is 0 Å². The maximum absolute atomic E-state index is 12.1. The molecular weight excluding hydrogens is 380 g/mol. The number of carbonyl (C=O) groups excluding carboxylic acids is 1. The first-order chi connectivity index (χ1) is 12.1. The summed E-state index contributed by atoms with van der Waals surface area (Å²) in [7, 11) is 1.71. The predicted octanol–water partition coefficient (Wildman–Crippen LogP) is 3.45. The van der Waals surface area contributed by atoms with Gasteiger partial charge in [0, 0.05) is 36.7 Å². The Hall–Kier alpha value is -2.34. The van der Waals surface area contributed by atoms with Crippen molar-refractivity contribution in [3.8, 4) is 0 Å². The van der Waals surface area contributed by atoms with Crippen molar-refractivity contribution >= 4 is 33.5 Å². The molecule has 0 radical (unpaired) electrons. The first kappa shape index (κ1) is 19.0. The Balaban J connectivity index is 1.73. The molecule has 0 aliphatic rings. The van der Waals surface area contributed by atoms with Crippen LogP contribution in [0.3, 0.4) is 0 Å². The summed E-state index contributed by atoms with van der Waals surface area (Å²) in [6, 6.07) is 15.9. The summed E-state index contributed by atoms with van der Waals surface area (Å²) in [6.07, 6.45) is 0.363. The minimum Gasteiger partial charge on any atom is -0.356 e. The number of rotatable bonds is 6. The lowest BCUT2D eigenvalue weighted by Crippen LogP contribution is -2.38. The fraction of sp³-hybridized carbons (Fsp3) is 0.263. The summed E-state index contributed by atoms with van der Waals surface area (Å²) in [6.45, 7) is 3.16. The predicted molar refractivity (Wildman–Crippen MR) is 107 cm³/mol. The van der Waals surface area contributed by atoms with Gasteiger partial charge in [-0.05, 0) is 36.2 Å². The van der Waals surface area contributed by atoms with E-state index < -0.39 is 0 Å². The van der Waals surface area contributed by atoms with Crippen LogP contribution < -0.4 is 16.0 Å². The molecule has 25 heavy (non-hydrogen) atoms. The van der Waals surface area contributed by atoms with Gasteiger partial charge in [-0.2, -0.15) is 0 Å². The molecule has 0 unspecified atom stereocenters. The van der Waals surface area contributed by atoms with Crippen molar-refractivity contribution in [1.29, 1.82) is 0 Å². The second-order valence-corrected chi connectivity index (χ2v) is 6.51. The summed E-state index contributed by atoms with van der Waals surface area (Å²) in [5.74, 6) is 0.646. The van der Waals surface area contributed by atoms with E-state index in [4.69, 9.17) is 0 Å². The van der Waals surface area contributed by atoms with E-state index in [1.165, 1.54) is 5.56 Å². The van der Waals surface area contributed by atoms with Crippen LogP contribution in [0.25, 0.3) is 0 Å². The lowest BCUT2D eigenvalue weighted by atomic mass is 10.2. The normalized spacial score (nSPS) is 11.1. The molecule has 0 heterocycles. The average Bonchev–Trinajstić information content (AvgIpc) is 2.61. The smallest absolute Gasteiger partial charge is 0.226 e. The number of carbonyl (C=O) groups is 1. The molecule has 2 aromatic carbocycles. The van der Waals surface area contributed by atoms with E-state index in [0.717, 1.165) is 15.7 Å². The molecule has 6 heteroatoms. The number of benzene rings is 2. The molecule has 0 fully saturated rings. The zero-order chi connectivity index (χ0) is 18.1. The molecule has 0 aliphatic heterocycles. The van der Waals surface area contributed by atoms with E-state index in [-0.39, 0.29) is 5.91 Å². The van der Waals surface area contributed by atoms with Crippen LogP contribution in [0, 0.1) is 6.92 Å². The summed E-state index contributed by atoms with van der Waals surface area (Å²) >= 11 is 3.42. The number of nitrogens with one attached hydrogen (secondary N) is 3. The van der Waals surface area contributed by atoms with Gasteiger partial charge in [-0.1, -0.05) is 46.3 Å². The van der Waals surface area contributed by atoms with Gasteiger partial charge >= 0.3 is 0 Å². The average molecular weight is 403 g/mol. The molecule has 3 N–H and O–H groups in total. The molecule has 2 aromatic rings. The minimum atomic E-state index is -0.0311. The van der Waals surface area contributed by atoms with Crippen molar-refractivity contribution in [3.63, 3.8) is 0 Å². The Morgan fingerprint density at radius 1 is 1.12 bits per heavy atom. The van der Waals surface area contributed by atoms with E-state index in [2.05, 4.69) is 36.9 Å². The first-order valence-corrected chi connectivity index (χ1v) is 8.92. The molecule has 0 atom stereocenters. The van der Waals surface area contributed by atoms with Crippen LogP contribution in [0.4, 0.5) is 5.69 Å². The number of nitrogens with zero attached hydrogens (tertiary/aromatic N) is 1. The van der Waals surface area contributed by atoms with Crippen molar-refractivity contribution in [2.75, 3.05) is 18.9 Å². The van der Waals surface area contributed by atoms with Crippen LogP contribution in [-0.4, -0.2) is 25.5 Å². The second kappa shape index (κ2) is 9.84. The maximum atomic E-state index is 12.1. The van der Waals surface area contributed by atoms with Crippen LogP contribution in [0.2, 0.25) is 0 Å². The van der Waals surface area contributed by atoms with Crippen LogP contribution in [0.15, 0.2) is 58.0 Å². The number of aliphatic imine (C=N–C) groups is 1. The van der Waals surface area contributed by atoms with Gasteiger partial charge < -0.3 is 16.0 Å². The molecule has 0 saturated carbocycles. The van der Waals surface area contributed by atoms with Gasteiger partial charge in [-0.15, -0.1) is 0 Å². The Labute approximate surface area is 157 Å². The monoisotopic (exact) mass is 402 g/mol. The number of anilines is 1. The summed E-state index contributed by atoms with van der Waals surface area (Å²) in [4.78, 5) is 16.2. The van der Waals surface area contributed by atoms with Crippen LogP contribution in [0.1, 0.15) is 17.5 Å². The number of hydrogen-bond acceptors (Lipinski definition) is 2. The molecule has 0 aliphatic carbocycles. The third kappa shape index (κ3) is 6.58. The summed E-state index contributed by atoms with van der Waals surface area (Å²) in [5, 5.41) is 9.30. The molecule has 5 nitrogen and oxygen atoms in total. The van der Waals surface area contributed by atoms with Gasteiger partial charge in [0.1, 0.15) is 0 Å². The largest absolute Gasteiger partial charge is 0.356 e. The topological polar surface area (TPSA) is 65.5 Å². The quantitative estimate of drug-likeness (QED) is 0.511. The fourth-order valence-electron chi connectivity index (χ4n) is 2.28. The van der Waals surface area contributed by atoms with Crippen molar-refractivity contribution in [2.45, 2.75) is 19.9 Å². The molecule has 0 bridgehead atoms. The zero-order valence-electron chi connectivity index (χ0n) is 14.5. The highest BCUT2D eigenvalue weighted by atomic mass is 79.9. The van der Waals surface area contributed by atoms with Gasteiger partial charge in [-0.3, -0.25) is 9.79 Å². The Bertz CT molecular complexity index is 731. The van der Waals surface area contributed by atoms with Gasteiger partial charge in [0.05, 0.1) is 0 Å². The van der Waals surface area contributed by atoms with Gasteiger partial charge in [0.25, 0.3) is 0 Å². The number of halogens is 1. The summed E-state index contributed by atoms with van der Waals surface area (Å²) < 4.78 is 0.998. The Morgan fingerprint density at radius 3 is 2.56 bits per heavy atom. The zero-order valence-corrected chi connectivity index (χ0v) is 16.1. The molecule has 0 aromatic heterocycles. The van der Waals surface area contributed by atoms with Gasteiger partial charge in [0.15, 0.2) is 5.96 Å². The first-order valence-electron chi connectivity index (χ1n) is 8.13. The summed E-state index contributed by atoms with van der Waals surface area (Å²) in [5.41, 5.74) is 3.03. The molecule has 0 saturated heterocycles. The SMILES string of the molecule is CN=C(NCCC(=O)Nc1ccc(Br)cc1C)NCc1ccccc1. The highest BCUT2D eigenvalue weighted by Crippen LogP contribution is 2.19. The number of hydrogen-bond donors (Lipinski definition) is 3. The highest BCUT2D eigenvalue weighted by molar-refractivity contribution is 9.10. The van der Waals surface area contributed by atoms with Crippen molar-refractivity contribution in [2.24, 2.45) is 4.99 Å².